The van der Waals surface area contributed by atoms with Crippen molar-refractivity contribution >= 4 is 40.2 Å². The monoisotopic (exact) mass is 387 g/mol. The van der Waals surface area contributed by atoms with Crippen LogP contribution in [0.15, 0.2) is 48.7 Å². The van der Waals surface area contributed by atoms with Crippen LogP contribution in [0, 0.1) is 5.82 Å². The minimum atomic E-state index is -1.05. The average Bonchev–Trinajstić information content (AvgIpc) is 2.68. The van der Waals surface area contributed by atoms with Gasteiger partial charge in [-0.15, -0.1) is 0 Å². The fourth-order valence-electron chi connectivity index (χ4n) is 2.36. The van der Waals surface area contributed by atoms with Gasteiger partial charge in [-0.25, -0.2) is 14.2 Å². The smallest absolute Gasteiger partial charge is 0.359 e. The van der Waals surface area contributed by atoms with E-state index in [2.05, 4.69) is 15.3 Å². The quantitative estimate of drug-likeness (QED) is 0.669. The number of halogens is 2. The highest BCUT2D eigenvalue weighted by molar-refractivity contribution is 6.31. The summed E-state index contributed by atoms with van der Waals surface area (Å²) in [7, 11) is 0. The second kappa shape index (κ2) is 8.09. The predicted octanol–water partition coefficient (Wildman–Crippen LogP) is 4.00. The normalized spacial score (nSPS) is 11.8. The maximum Gasteiger partial charge on any atom is 0.359 e. The van der Waals surface area contributed by atoms with Gasteiger partial charge in [-0.3, -0.25) is 9.78 Å². The van der Waals surface area contributed by atoms with Crippen LogP contribution in [0.25, 0.3) is 11.0 Å². The average molecular weight is 388 g/mol. The van der Waals surface area contributed by atoms with E-state index in [9.17, 15) is 14.0 Å². The number of esters is 1. The van der Waals surface area contributed by atoms with Crippen LogP contribution in [-0.2, 0) is 9.53 Å². The summed E-state index contributed by atoms with van der Waals surface area (Å²) in [5.74, 6) is -1.90. The summed E-state index contributed by atoms with van der Waals surface area (Å²) in [4.78, 5) is 33.0. The third kappa shape index (κ3) is 4.38. The molecule has 1 N–H and O–H groups in total. The van der Waals surface area contributed by atoms with Crippen molar-refractivity contribution in [3.8, 4) is 0 Å². The lowest BCUT2D eigenvalue weighted by atomic mass is 10.2. The Bertz CT molecular complexity index is 1010. The number of ether oxygens (including phenoxy) is 1. The number of carbonyl (C=O) groups is 2. The van der Waals surface area contributed by atoms with Crippen molar-refractivity contribution in [3.63, 3.8) is 0 Å². The molecule has 8 heteroatoms. The zero-order valence-electron chi connectivity index (χ0n) is 14.3. The number of nitrogens with zero attached hydrogens (tertiary/aromatic N) is 2. The van der Waals surface area contributed by atoms with Gasteiger partial charge in [-0.05, 0) is 36.8 Å². The molecule has 1 amide bonds. The number of rotatable bonds is 5. The summed E-state index contributed by atoms with van der Waals surface area (Å²) in [6.45, 7) is 1.70. The Hall–Kier alpha value is -3.06. The highest BCUT2D eigenvalue weighted by Crippen LogP contribution is 2.20. The summed E-state index contributed by atoms with van der Waals surface area (Å²) >= 11 is 5.70. The number of hydrogen-bond acceptors (Lipinski definition) is 5. The lowest BCUT2D eigenvalue weighted by molar-refractivity contribution is -0.124. The fraction of sp³-hybridized carbons (Fsp3) is 0.158. The Labute approximate surface area is 159 Å². The van der Waals surface area contributed by atoms with Crippen LogP contribution >= 0.6 is 11.6 Å². The van der Waals surface area contributed by atoms with E-state index >= 15 is 0 Å². The van der Waals surface area contributed by atoms with Crippen molar-refractivity contribution in [1.82, 2.24) is 9.97 Å². The standard InChI is InChI=1S/C19H15ClFN3O3/c1-2-17(18(25)23-11-7-8-13(21)12(20)9-11)27-19(26)16-10-22-14-5-3-4-6-15(14)24-16/h3-10,17H,2H2,1H3,(H,23,25). The van der Waals surface area contributed by atoms with E-state index in [4.69, 9.17) is 16.3 Å². The molecule has 1 unspecified atom stereocenters. The second-order valence-electron chi connectivity index (χ2n) is 5.66. The van der Waals surface area contributed by atoms with Crippen LogP contribution in [0.5, 0.6) is 0 Å². The molecule has 0 aliphatic heterocycles. The molecule has 2 aromatic carbocycles. The van der Waals surface area contributed by atoms with E-state index in [1.54, 1.807) is 25.1 Å². The molecule has 0 bridgehead atoms. The first kappa shape index (κ1) is 18.7. The van der Waals surface area contributed by atoms with Gasteiger partial charge in [0.2, 0.25) is 0 Å². The summed E-state index contributed by atoms with van der Waals surface area (Å²) in [5.41, 5.74) is 1.49. The SMILES string of the molecule is CCC(OC(=O)c1cnc2ccccc2n1)C(=O)Nc1ccc(F)c(Cl)c1. The lowest BCUT2D eigenvalue weighted by Crippen LogP contribution is -2.32. The highest BCUT2D eigenvalue weighted by Gasteiger charge is 2.23. The van der Waals surface area contributed by atoms with Gasteiger partial charge >= 0.3 is 5.97 Å². The molecule has 3 aromatic rings. The summed E-state index contributed by atoms with van der Waals surface area (Å²) in [5, 5.41) is 2.42. The number of anilines is 1. The third-order valence-corrected chi connectivity index (χ3v) is 4.05. The summed E-state index contributed by atoms with van der Waals surface area (Å²) < 4.78 is 18.5. The van der Waals surface area contributed by atoms with Crippen molar-refractivity contribution in [2.45, 2.75) is 19.4 Å². The molecule has 1 aromatic heterocycles. The first-order chi connectivity index (χ1) is 13.0. The van der Waals surface area contributed by atoms with E-state index in [0.717, 1.165) is 6.07 Å². The largest absolute Gasteiger partial charge is 0.447 e. The third-order valence-electron chi connectivity index (χ3n) is 3.76. The summed E-state index contributed by atoms with van der Waals surface area (Å²) in [6.07, 6.45) is 0.498. The van der Waals surface area contributed by atoms with Gasteiger partial charge in [0.05, 0.1) is 22.3 Å². The van der Waals surface area contributed by atoms with Crippen molar-refractivity contribution in [1.29, 1.82) is 0 Å². The number of amides is 1. The molecule has 6 nitrogen and oxygen atoms in total. The second-order valence-corrected chi connectivity index (χ2v) is 6.07. The summed E-state index contributed by atoms with van der Waals surface area (Å²) in [6, 6.07) is 10.9. The van der Waals surface area contributed by atoms with Gasteiger partial charge in [0.15, 0.2) is 11.8 Å². The zero-order valence-corrected chi connectivity index (χ0v) is 15.0. The molecular formula is C19H15ClFN3O3. The van der Waals surface area contributed by atoms with Crippen LogP contribution in [-0.4, -0.2) is 27.9 Å². The van der Waals surface area contributed by atoms with Gasteiger partial charge in [0, 0.05) is 5.69 Å². The van der Waals surface area contributed by atoms with Crippen LogP contribution < -0.4 is 5.32 Å². The number of nitrogens with one attached hydrogen (secondary N) is 1. The Balaban J connectivity index is 1.71. The molecule has 1 heterocycles. The first-order valence-electron chi connectivity index (χ1n) is 8.16. The number of fused-ring (bicyclic) bond motifs is 1. The van der Waals surface area contributed by atoms with Gasteiger partial charge in [0.25, 0.3) is 5.91 Å². The molecule has 0 saturated carbocycles. The minimum Gasteiger partial charge on any atom is -0.447 e. The Kier molecular flexibility index (Phi) is 5.61. The highest BCUT2D eigenvalue weighted by atomic mass is 35.5. The molecule has 0 fully saturated rings. The predicted molar refractivity (Wildman–Crippen MR) is 99.1 cm³/mol. The Morgan fingerprint density at radius 3 is 2.67 bits per heavy atom. The maximum atomic E-state index is 13.2. The molecule has 0 radical (unpaired) electrons. The topological polar surface area (TPSA) is 81.2 Å². The van der Waals surface area contributed by atoms with Crippen LogP contribution in [0.1, 0.15) is 23.8 Å². The number of benzene rings is 2. The molecule has 27 heavy (non-hydrogen) atoms. The molecule has 138 valence electrons. The molecule has 0 aliphatic rings. The maximum absolute atomic E-state index is 13.2. The molecule has 0 spiro atoms. The molecule has 1 atom stereocenters. The van der Waals surface area contributed by atoms with E-state index in [1.165, 1.54) is 18.3 Å². The van der Waals surface area contributed by atoms with E-state index in [-0.39, 0.29) is 17.1 Å². The van der Waals surface area contributed by atoms with Gasteiger partial charge in [-0.2, -0.15) is 0 Å². The van der Waals surface area contributed by atoms with Crippen molar-refractivity contribution in [2.24, 2.45) is 0 Å². The molecule has 0 saturated heterocycles. The van der Waals surface area contributed by atoms with E-state index in [1.807, 2.05) is 6.07 Å². The number of aromatic nitrogens is 2. The van der Waals surface area contributed by atoms with Crippen LogP contribution in [0.2, 0.25) is 5.02 Å². The van der Waals surface area contributed by atoms with Gasteiger partial charge < -0.3 is 10.1 Å². The van der Waals surface area contributed by atoms with Crippen molar-refractivity contribution in [2.75, 3.05) is 5.32 Å². The van der Waals surface area contributed by atoms with Crippen molar-refractivity contribution in [3.05, 3.63) is 65.2 Å². The van der Waals surface area contributed by atoms with E-state index in [0.29, 0.717) is 16.7 Å². The number of carbonyl (C=O) groups excluding carboxylic acids is 2. The van der Waals surface area contributed by atoms with Crippen molar-refractivity contribution < 1.29 is 18.7 Å². The van der Waals surface area contributed by atoms with Crippen LogP contribution in [0.4, 0.5) is 10.1 Å². The Morgan fingerprint density at radius 1 is 1.22 bits per heavy atom. The van der Waals surface area contributed by atoms with Gasteiger partial charge in [-0.1, -0.05) is 30.7 Å². The number of para-hydroxylation sites is 2. The van der Waals surface area contributed by atoms with Crippen LogP contribution in [0.3, 0.4) is 0 Å². The van der Waals surface area contributed by atoms with E-state index < -0.39 is 23.8 Å². The number of hydrogen-bond donors (Lipinski definition) is 1. The Morgan fingerprint density at radius 2 is 1.96 bits per heavy atom. The first-order valence-corrected chi connectivity index (χ1v) is 8.54. The minimum absolute atomic E-state index is 0.00442. The molecule has 3 rings (SSSR count). The van der Waals surface area contributed by atoms with Gasteiger partial charge in [0.1, 0.15) is 5.82 Å². The lowest BCUT2D eigenvalue weighted by Gasteiger charge is -2.16. The fourth-order valence-corrected chi connectivity index (χ4v) is 2.54. The zero-order chi connectivity index (χ0) is 19.4. The molecular weight excluding hydrogens is 373 g/mol. The molecule has 0 aliphatic carbocycles.